The van der Waals surface area contributed by atoms with Crippen LogP contribution in [-0.4, -0.2) is 0 Å². The third-order valence-electron chi connectivity index (χ3n) is 1.33. The molecular formula is C8H9Ti-. The Morgan fingerprint density at radius 2 is 2.00 bits per heavy atom. The maximum absolute atomic E-state index is 3.10. The van der Waals surface area contributed by atoms with E-state index in [4.69, 9.17) is 0 Å². The van der Waals surface area contributed by atoms with E-state index in [2.05, 4.69) is 26.0 Å². The van der Waals surface area contributed by atoms with E-state index in [1.807, 2.05) is 12.1 Å². The summed E-state index contributed by atoms with van der Waals surface area (Å²) in [7, 11) is 0. The van der Waals surface area contributed by atoms with E-state index in [1.54, 1.807) is 0 Å². The van der Waals surface area contributed by atoms with Crippen LogP contribution in [0.2, 0.25) is 0 Å². The van der Waals surface area contributed by atoms with Crippen LogP contribution in [0.4, 0.5) is 0 Å². The summed E-state index contributed by atoms with van der Waals surface area (Å²) in [5, 5.41) is 0. The molecule has 0 amide bonds. The topological polar surface area (TPSA) is 0 Å². The molecule has 0 nitrogen and oxygen atoms in total. The summed E-state index contributed by atoms with van der Waals surface area (Å²) in [5.41, 5.74) is 2.56. The molecule has 0 N–H and O–H groups in total. The Bertz CT molecular complexity index is 161. The minimum atomic E-state index is 0. The molecule has 0 unspecified atom stereocenters. The fourth-order valence-corrected chi connectivity index (χ4v) is 0.604. The molecule has 1 aromatic carbocycles. The van der Waals surface area contributed by atoms with Gasteiger partial charge in [0.25, 0.3) is 0 Å². The maximum Gasteiger partial charge on any atom is 0 e. The largest absolute Gasteiger partial charge is 0.180 e. The predicted molar refractivity (Wildman–Crippen MR) is 34.8 cm³/mol. The molecule has 0 fully saturated rings. The number of rotatable bonds is 0. The van der Waals surface area contributed by atoms with Crippen molar-refractivity contribution in [3.63, 3.8) is 0 Å². The summed E-state index contributed by atoms with van der Waals surface area (Å²) in [4.78, 5) is 0. The van der Waals surface area contributed by atoms with E-state index in [-0.39, 0.29) is 21.7 Å². The van der Waals surface area contributed by atoms with Gasteiger partial charge < -0.3 is 0 Å². The molecule has 0 aromatic heterocycles. The third kappa shape index (κ3) is 2.34. The first kappa shape index (κ1) is 8.93. The van der Waals surface area contributed by atoms with E-state index in [0.717, 1.165) is 0 Å². The minimum Gasteiger partial charge on any atom is -0.180 e. The van der Waals surface area contributed by atoms with E-state index >= 15 is 0 Å². The van der Waals surface area contributed by atoms with Crippen LogP contribution in [0.1, 0.15) is 11.1 Å². The first-order valence-corrected chi connectivity index (χ1v) is 2.74. The van der Waals surface area contributed by atoms with Crippen molar-refractivity contribution in [2.45, 2.75) is 13.8 Å². The summed E-state index contributed by atoms with van der Waals surface area (Å²) in [6, 6.07) is 9.12. The van der Waals surface area contributed by atoms with Crippen molar-refractivity contribution in [3.05, 3.63) is 35.4 Å². The number of hydrogen-bond donors (Lipinski definition) is 0. The fraction of sp³-hybridized carbons (Fsp3) is 0.250. The zero-order valence-electron chi connectivity index (χ0n) is 5.73. The van der Waals surface area contributed by atoms with Crippen molar-refractivity contribution >= 4 is 0 Å². The van der Waals surface area contributed by atoms with Gasteiger partial charge in [-0.2, -0.15) is 35.4 Å². The summed E-state index contributed by atoms with van der Waals surface area (Å²) >= 11 is 0. The van der Waals surface area contributed by atoms with Crippen LogP contribution in [0, 0.1) is 19.9 Å². The van der Waals surface area contributed by atoms with Gasteiger partial charge >= 0.3 is 0 Å². The molecule has 0 aliphatic heterocycles. The number of benzene rings is 1. The quantitative estimate of drug-likeness (QED) is 0.395. The Morgan fingerprint density at radius 1 is 1.33 bits per heavy atom. The predicted octanol–water partition coefficient (Wildman–Crippen LogP) is 2.10. The van der Waals surface area contributed by atoms with Crippen LogP contribution < -0.4 is 0 Å². The van der Waals surface area contributed by atoms with Gasteiger partial charge in [-0.15, -0.1) is 0 Å². The molecule has 0 aliphatic rings. The fourth-order valence-electron chi connectivity index (χ4n) is 0.604. The molecule has 1 rings (SSSR count). The van der Waals surface area contributed by atoms with Crippen molar-refractivity contribution in [2.75, 3.05) is 0 Å². The van der Waals surface area contributed by atoms with Crippen LogP contribution in [0.15, 0.2) is 18.2 Å². The van der Waals surface area contributed by atoms with E-state index in [1.165, 1.54) is 11.1 Å². The molecule has 0 saturated heterocycles. The second kappa shape index (κ2) is 3.87. The standard InChI is InChI=1S/C8H9.Ti/c1-7-5-3-4-6-8(7)2;/h3-5H,1-2H3;/q-1;. The summed E-state index contributed by atoms with van der Waals surface area (Å²) in [6.45, 7) is 4.15. The Kier molecular flexibility index (Phi) is 3.84. The molecule has 0 bridgehead atoms. The van der Waals surface area contributed by atoms with Crippen molar-refractivity contribution in [2.24, 2.45) is 0 Å². The Hall–Kier alpha value is -0.0657. The van der Waals surface area contributed by atoms with Crippen LogP contribution in [0.5, 0.6) is 0 Å². The van der Waals surface area contributed by atoms with E-state index in [9.17, 15) is 0 Å². The van der Waals surface area contributed by atoms with Gasteiger partial charge in [-0.1, -0.05) is 13.8 Å². The molecule has 0 radical (unpaired) electrons. The van der Waals surface area contributed by atoms with Gasteiger partial charge in [-0.25, -0.2) is 0 Å². The number of hydrogen-bond acceptors (Lipinski definition) is 0. The first-order valence-electron chi connectivity index (χ1n) is 2.74. The second-order valence-electron chi connectivity index (χ2n) is 1.98. The van der Waals surface area contributed by atoms with Crippen LogP contribution in [0.25, 0.3) is 0 Å². The number of aryl methyl sites for hydroxylation is 2. The smallest absolute Gasteiger partial charge is 0 e. The van der Waals surface area contributed by atoms with Crippen molar-refractivity contribution in [1.82, 2.24) is 0 Å². The first-order chi connectivity index (χ1) is 3.80. The van der Waals surface area contributed by atoms with Gasteiger partial charge in [0.05, 0.1) is 0 Å². The molecule has 1 aromatic rings. The minimum absolute atomic E-state index is 0. The molecule has 0 spiro atoms. The molecule has 46 valence electrons. The normalized spacial score (nSPS) is 8.22. The molecule has 0 saturated carbocycles. The molecule has 1 heteroatoms. The SMILES string of the molecule is Cc1[c-]cccc1C.[Ti]. The van der Waals surface area contributed by atoms with Gasteiger partial charge in [-0.3, -0.25) is 0 Å². The van der Waals surface area contributed by atoms with Gasteiger partial charge in [0.1, 0.15) is 0 Å². The maximum atomic E-state index is 3.10. The van der Waals surface area contributed by atoms with Crippen LogP contribution in [-0.2, 0) is 21.7 Å². The van der Waals surface area contributed by atoms with Gasteiger partial charge in [0.2, 0.25) is 0 Å². The molecule has 9 heavy (non-hydrogen) atoms. The van der Waals surface area contributed by atoms with Crippen molar-refractivity contribution in [3.8, 4) is 0 Å². The average molecular weight is 153 g/mol. The summed E-state index contributed by atoms with van der Waals surface area (Å²) in [5.74, 6) is 0. The molecule has 0 heterocycles. The monoisotopic (exact) mass is 153 g/mol. The Balaban J connectivity index is 0.000000640. The van der Waals surface area contributed by atoms with E-state index < -0.39 is 0 Å². The van der Waals surface area contributed by atoms with Gasteiger partial charge in [0.15, 0.2) is 0 Å². The third-order valence-corrected chi connectivity index (χ3v) is 1.33. The van der Waals surface area contributed by atoms with Crippen LogP contribution in [0.3, 0.4) is 0 Å². The zero-order valence-corrected chi connectivity index (χ0v) is 7.29. The van der Waals surface area contributed by atoms with Crippen molar-refractivity contribution < 1.29 is 21.7 Å². The van der Waals surface area contributed by atoms with Crippen LogP contribution >= 0.6 is 0 Å². The second-order valence-corrected chi connectivity index (χ2v) is 1.98. The Labute approximate surface area is 71.2 Å². The Morgan fingerprint density at radius 3 is 2.33 bits per heavy atom. The zero-order chi connectivity index (χ0) is 5.98. The molecule has 0 aliphatic carbocycles. The molecule has 0 atom stereocenters. The van der Waals surface area contributed by atoms with Gasteiger partial charge in [0, 0.05) is 21.7 Å². The summed E-state index contributed by atoms with van der Waals surface area (Å²) in [6.07, 6.45) is 0. The summed E-state index contributed by atoms with van der Waals surface area (Å²) < 4.78 is 0. The molecular weight excluding hydrogens is 144 g/mol. The average Bonchev–Trinajstić information content (AvgIpc) is 1.77. The van der Waals surface area contributed by atoms with Gasteiger partial charge in [-0.05, 0) is 0 Å². The van der Waals surface area contributed by atoms with E-state index in [0.29, 0.717) is 0 Å². The van der Waals surface area contributed by atoms with Crippen molar-refractivity contribution in [1.29, 1.82) is 0 Å².